The summed E-state index contributed by atoms with van der Waals surface area (Å²) in [7, 11) is -3.33. The molecule has 158 valence electrons. The molecule has 1 aromatic carbocycles. The molecule has 3 aromatic rings. The summed E-state index contributed by atoms with van der Waals surface area (Å²) in [4.78, 5) is 11.3. The third-order valence-electron chi connectivity index (χ3n) is 5.17. The number of sulfone groups is 1. The van der Waals surface area contributed by atoms with Crippen LogP contribution >= 0.6 is 0 Å². The van der Waals surface area contributed by atoms with Gasteiger partial charge in [0.2, 0.25) is 0 Å². The van der Waals surface area contributed by atoms with Crippen LogP contribution in [-0.2, 0) is 9.84 Å². The van der Waals surface area contributed by atoms with Crippen LogP contribution in [0.2, 0.25) is 0 Å². The van der Waals surface area contributed by atoms with Crippen molar-refractivity contribution in [2.45, 2.75) is 43.4 Å². The highest BCUT2D eigenvalue weighted by Crippen LogP contribution is 2.27. The SMILES string of the molecule is Cc1ncc(-c2ccc(S(=O)(=O)C(C)C)cc2)nc1-c1nnc(N2CCC(N)C2)o1. The fraction of sp³-hybridized carbons (Fsp3) is 0.400. The lowest BCUT2D eigenvalue weighted by atomic mass is 10.1. The van der Waals surface area contributed by atoms with E-state index in [1.165, 1.54) is 0 Å². The number of rotatable bonds is 5. The molecule has 0 amide bonds. The minimum Gasteiger partial charge on any atom is -0.401 e. The Balaban J connectivity index is 1.64. The van der Waals surface area contributed by atoms with Gasteiger partial charge in [-0.2, -0.15) is 0 Å². The van der Waals surface area contributed by atoms with Gasteiger partial charge in [-0.15, -0.1) is 5.10 Å². The summed E-state index contributed by atoms with van der Waals surface area (Å²) < 4.78 is 30.5. The topological polar surface area (TPSA) is 128 Å². The Kier molecular flexibility index (Phi) is 5.29. The minimum atomic E-state index is -3.33. The molecule has 0 bridgehead atoms. The molecule has 0 radical (unpaired) electrons. The largest absolute Gasteiger partial charge is 0.401 e. The minimum absolute atomic E-state index is 0.104. The van der Waals surface area contributed by atoms with Gasteiger partial charge in [-0.1, -0.05) is 17.2 Å². The predicted molar refractivity (Wildman–Crippen MR) is 113 cm³/mol. The highest BCUT2D eigenvalue weighted by Gasteiger charge is 2.25. The summed E-state index contributed by atoms with van der Waals surface area (Å²) >= 11 is 0. The number of nitrogens with zero attached hydrogens (tertiary/aromatic N) is 5. The third kappa shape index (κ3) is 3.80. The van der Waals surface area contributed by atoms with E-state index >= 15 is 0 Å². The Morgan fingerprint density at radius 2 is 1.93 bits per heavy atom. The van der Waals surface area contributed by atoms with Gasteiger partial charge in [-0.3, -0.25) is 4.98 Å². The normalized spacial score (nSPS) is 17.1. The van der Waals surface area contributed by atoms with Gasteiger partial charge in [0.1, 0.15) is 5.69 Å². The Hall–Kier alpha value is -2.85. The van der Waals surface area contributed by atoms with Crippen LogP contribution in [0.5, 0.6) is 0 Å². The standard InChI is InChI=1S/C20H24N6O3S/c1-12(2)30(27,28)16-6-4-14(5-7-16)17-10-22-13(3)18(23-17)19-24-25-20(29-19)26-9-8-15(21)11-26/h4-7,10,12,15H,8-9,11,21H2,1-3H3. The summed E-state index contributed by atoms with van der Waals surface area (Å²) in [5.74, 6) is 0.288. The van der Waals surface area contributed by atoms with Gasteiger partial charge in [-0.25, -0.2) is 13.4 Å². The molecule has 4 rings (SSSR count). The molecule has 0 aliphatic carbocycles. The van der Waals surface area contributed by atoms with Gasteiger partial charge in [0.25, 0.3) is 5.89 Å². The van der Waals surface area contributed by atoms with Crippen molar-refractivity contribution >= 4 is 15.9 Å². The molecule has 1 unspecified atom stereocenters. The van der Waals surface area contributed by atoms with Gasteiger partial charge in [-0.05, 0) is 39.3 Å². The van der Waals surface area contributed by atoms with Gasteiger partial charge in [0.05, 0.1) is 27.7 Å². The van der Waals surface area contributed by atoms with Crippen LogP contribution < -0.4 is 10.6 Å². The van der Waals surface area contributed by atoms with Crippen LogP contribution in [0.15, 0.2) is 39.8 Å². The molecule has 30 heavy (non-hydrogen) atoms. The Bertz CT molecular complexity index is 1160. The van der Waals surface area contributed by atoms with E-state index in [2.05, 4.69) is 20.2 Å². The van der Waals surface area contributed by atoms with Gasteiger partial charge in [0.15, 0.2) is 9.84 Å². The van der Waals surface area contributed by atoms with Gasteiger partial charge in [0, 0.05) is 24.7 Å². The second-order valence-corrected chi connectivity index (χ2v) is 10.2. The zero-order chi connectivity index (χ0) is 21.5. The second-order valence-electron chi connectivity index (χ2n) is 7.69. The van der Waals surface area contributed by atoms with E-state index in [9.17, 15) is 8.42 Å². The highest BCUT2D eigenvalue weighted by molar-refractivity contribution is 7.92. The number of anilines is 1. The lowest BCUT2D eigenvalue weighted by molar-refractivity contribution is 0.553. The second kappa shape index (κ2) is 7.77. The first kappa shape index (κ1) is 20.4. The molecule has 1 saturated heterocycles. The first-order valence-corrected chi connectivity index (χ1v) is 11.3. The van der Waals surface area contributed by atoms with Crippen molar-refractivity contribution < 1.29 is 12.8 Å². The van der Waals surface area contributed by atoms with E-state index in [0.29, 0.717) is 29.6 Å². The van der Waals surface area contributed by atoms with Crippen molar-refractivity contribution in [1.29, 1.82) is 0 Å². The number of aromatic nitrogens is 4. The van der Waals surface area contributed by atoms with Crippen LogP contribution in [0, 0.1) is 6.92 Å². The lowest BCUT2D eigenvalue weighted by Gasteiger charge is -2.11. The van der Waals surface area contributed by atoms with Gasteiger partial charge < -0.3 is 15.1 Å². The number of nitrogens with two attached hydrogens (primary N) is 1. The highest BCUT2D eigenvalue weighted by atomic mass is 32.2. The predicted octanol–water partition coefficient (Wildman–Crippen LogP) is 2.22. The van der Waals surface area contributed by atoms with E-state index in [0.717, 1.165) is 18.5 Å². The molecule has 2 N–H and O–H groups in total. The summed E-state index contributed by atoms with van der Waals surface area (Å²) in [6.45, 7) is 6.60. The molecule has 2 aromatic heterocycles. The summed E-state index contributed by atoms with van der Waals surface area (Å²) in [6.07, 6.45) is 2.52. The molecule has 1 aliphatic heterocycles. The quantitative estimate of drug-likeness (QED) is 0.650. The summed E-state index contributed by atoms with van der Waals surface area (Å²) in [6, 6.07) is 7.16. The van der Waals surface area contributed by atoms with E-state index in [-0.39, 0.29) is 16.8 Å². The van der Waals surface area contributed by atoms with E-state index in [1.807, 2.05) is 11.8 Å². The summed E-state index contributed by atoms with van der Waals surface area (Å²) in [5, 5.41) is 7.78. The maximum absolute atomic E-state index is 12.3. The maximum Gasteiger partial charge on any atom is 0.318 e. The average molecular weight is 429 g/mol. The first-order valence-electron chi connectivity index (χ1n) is 9.78. The number of hydrogen-bond acceptors (Lipinski definition) is 9. The Labute approximate surface area is 175 Å². The molecule has 1 aliphatic rings. The van der Waals surface area contributed by atoms with E-state index in [4.69, 9.17) is 10.2 Å². The van der Waals surface area contributed by atoms with Crippen LogP contribution in [0.4, 0.5) is 6.01 Å². The molecule has 10 heteroatoms. The number of aryl methyl sites for hydroxylation is 1. The fourth-order valence-electron chi connectivity index (χ4n) is 3.28. The van der Waals surface area contributed by atoms with E-state index in [1.54, 1.807) is 44.3 Å². The third-order valence-corrected chi connectivity index (χ3v) is 7.34. The van der Waals surface area contributed by atoms with Crippen molar-refractivity contribution in [3.8, 4) is 22.8 Å². The van der Waals surface area contributed by atoms with E-state index < -0.39 is 15.1 Å². The molecule has 1 atom stereocenters. The molecule has 9 nitrogen and oxygen atoms in total. The lowest BCUT2D eigenvalue weighted by Crippen LogP contribution is -2.26. The van der Waals surface area contributed by atoms with Crippen molar-refractivity contribution in [2.75, 3.05) is 18.0 Å². The Morgan fingerprint density at radius 1 is 1.20 bits per heavy atom. The molecular formula is C20H24N6O3S. The number of hydrogen-bond donors (Lipinski definition) is 1. The van der Waals surface area contributed by atoms with Crippen LogP contribution in [-0.4, -0.2) is 53.0 Å². The monoisotopic (exact) mass is 428 g/mol. The van der Waals surface area contributed by atoms with Crippen molar-refractivity contribution in [3.63, 3.8) is 0 Å². The first-order chi connectivity index (χ1) is 14.3. The van der Waals surface area contributed by atoms with Crippen molar-refractivity contribution in [1.82, 2.24) is 20.2 Å². The zero-order valence-corrected chi connectivity index (χ0v) is 17.9. The fourth-order valence-corrected chi connectivity index (χ4v) is 4.34. The smallest absolute Gasteiger partial charge is 0.318 e. The average Bonchev–Trinajstić information content (AvgIpc) is 3.37. The molecule has 0 spiro atoms. The molecule has 0 saturated carbocycles. The molecular weight excluding hydrogens is 404 g/mol. The van der Waals surface area contributed by atoms with Crippen molar-refractivity contribution in [2.24, 2.45) is 5.73 Å². The van der Waals surface area contributed by atoms with Crippen molar-refractivity contribution in [3.05, 3.63) is 36.2 Å². The Morgan fingerprint density at radius 3 is 2.57 bits per heavy atom. The molecule has 3 heterocycles. The van der Waals surface area contributed by atoms with Crippen LogP contribution in [0.25, 0.3) is 22.8 Å². The van der Waals surface area contributed by atoms with Gasteiger partial charge >= 0.3 is 6.01 Å². The van der Waals surface area contributed by atoms with Crippen LogP contribution in [0.3, 0.4) is 0 Å². The zero-order valence-electron chi connectivity index (χ0n) is 17.1. The van der Waals surface area contributed by atoms with Crippen LogP contribution in [0.1, 0.15) is 26.0 Å². The maximum atomic E-state index is 12.3. The molecule has 1 fully saturated rings. The summed E-state index contributed by atoms with van der Waals surface area (Å²) in [5.41, 5.74) is 8.44. The number of benzene rings is 1.